The summed E-state index contributed by atoms with van der Waals surface area (Å²) in [4.78, 5) is 30.9. The Morgan fingerprint density at radius 1 is 0.968 bits per heavy atom. The molecule has 0 atom stereocenters. The van der Waals surface area contributed by atoms with Crippen LogP contribution in [0.2, 0.25) is 0 Å². The number of para-hydroxylation sites is 2. The molecule has 3 aromatic carbocycles. The molecule has 0 saturated carbocycles. The van der Waals surface area contributed by atoms with Gasteiger partial charge in [0.25, 0.3) is 5.56 Å². The molecular formula is C24H20N2O4S. The van der Waals surface area contributed by atoms with Crippen LogP contribution in [0, 0.1) is 0 Å². The van der Waals surface area contributed by atoms with E-state index in [0.717, 1.165) is 0 Å². The number of carbonyl (C=O) groups excluding carboxylic acids is 1. The molecular weight excluding hydrogens is 412 g/mol. The highest BCUT2D eigenvalue weighted by molar-refractivity contribution is 7.99. The van der Waals surface area contributed by atoms with Crippen LogP contribution in [0.1, 0.15) is 10.4 Å². The van der Waals surface area contributed by atoms with Crippen LogP contribution >= 0.6 is 11.8 Å². The summed E-state index contributed by atoms with van der Waals surface area (Å²) < 4.78 is 12.1. The van der Waals surface area contributed by atoms with E-state index in [2.05, 4.69) is 4.98 Å². The second kappa shape index (κ2) is 9.06. The monoisotopic (exact) mass is 432 g/mol. The Balaban J connectivity index is 1.74. The van der Waals surface area contributed by atoms with Gasteiger partial charge in [0, 0.05) is 0 Å². The van der Waals surface area contributed by atoms with E-state index < -0.39 is 0 Å². The number of ketones is 1. The van der Waals surface area contributed by atoms with E-state index in [4.69, 9.17) is 9.47 Å². The molecule has 6 nitrogen and oxygen atoms in total. The molecule has 0 aliphatic heterocycles. The molecule has 0 spiro atoms. The Hall–Kier alpha value is -3.58. The van der Waals surface area contributed by atoms with Crippen molar-refractivity contribution < 1.29 is 14.3 Å². The van der Waals surface area contributed by atoms with Crippen LogP contribution in [-0.4, -0.2) is 35.3 Å². The van der Waals surface area contributed by atoms with Gasteiger partial charge >= 0.3 is 0 Å². The number of carbonyl (C=O) groups is 1. The lowest BCUT2D eigenvalue weighted by Gasteiger charge is -2.13. The maximum Gasteiger partial charge on any atom is 0.266 e. The number of thioether (sulfide) groups is 1. The summed E-state index contributed by atoms with van der Waals surface area (Å²) in [5.41, 5.74) is 1.53. The van der Waals surface area contributed by atoms with Crippen molar-refractivity contribution in [3.8, 4) is 17.2 Å². The van der Waals surface area contributed by atoms with E-state index in [0.29, 0.717) is 38.8 Å². The van der Waals surface area contributed by atoms with E-state index in [-0.39, 0.29) is 17.1 Å². The molecule has 0 N–H and O–H groups in total. The Bertz CT molecular complexity index is 1300. The van der Waals surface area contributed by atoms with Crippen molar-refractivity contribution in [3.63, 3.8) is 0 Å². The SMILES string of the molecule is COc1ccc(OC)c(C(=O)CSc2nc3ccccc3c(=O)n2-c2ccccc2)c1. The lowest BCUT2D eigenvalue weighted by Crippen LogP contribution is -2.22. The van der Waals surface area contributed by atoms with E-state index >= 15 is 0 Å². The highest BCUT2D eigenvalue weighted by atomic mass is 32.2. The van der Waals surface area contributed by atoms with E-state index in [1.165, 1.54) is 18.9 Å². The van der Waals surface area contributed by atoms with Gasteiger partial charge in [-0.25, -0.2) is 4.98 Å². The zero-order valence-electron chi connectivity index (χ0n) is 17.1. The van der Waals surface area contributed by atoms with Crippen molar-refractivity contribution in [1.29, 1.82) is 0 Å². The van der Waals surface area contributed by atoms with Crippen molar-refractivity contribution in [2.75, 3.05) is 20.0 Å². The Labute approximate surface area is 183 Å². The van der Waals surface area contributed by atoms with Crippen LogP contribution in [0.5, 0.6) is 11.5 Å². The fraction of sp³-hybridized carbons (Fsp3) is 0.125. The summed E-state index contributed by atoms with van der Waals surface area (Å²) in [7, 11) is 3.06. The van der Waals surface area contributed by atoms with Crippen LogP contribution in [0.4, 0.5) is 0 Å². The summed E-state index contributed by atoms with van der Waals surface area (Å²) in [5, 5.41) is 0.974. The maximum atomic E-state index is 13.2. The predicted octanol–water partition coefficient (Wildman–Crippen LogP) is 4.38. The Morgan fingerprint density at radius 2 is 1.71 bits per heavy atom. The van der Waals surface area contributed by atoms with Crippen LogP contribution in [0.15, 0.2) is 82.7 Å². The average molecular weight is 433 g/mol. The Kier molecular flexibility index (Phi) is 6.04. The number of nitrogens with zero attached hydrogens (tertiary/aromatic N) is 2. The molecule has 0 aliphatic carbocycles. The van der Waals surface area contributed by atoms with Gasteiger partial charge in [-0.2, -0.15) is 0 Å². The van der Waals surface area contributed by atoms with Gasteiger partial charge in [-0.05, 0) is 42.5 Å². The first-order valence-electron chi connectivity index (χ1n) is 9.57. The lowest BCUT2D eigenvalue weighted by molar-refractivity contribution is 0.101. The molecule has 4 aromatic rings. The molecule has 0 bridgehead atoms. The normalized spacial score (nSPS) is 10.8. The predicted molar refractivity (Wildman–Crippen MR) is 122 cm³/mol. The van der Waals surface area contributed by atoms with Gasteiger partial charge in [-0.1, -0.05) is 42.1 Å². The topological polar surface area (TPSA) is 70.4 Å². The van der Waals surface area contributed by atoms with Gasteiger partial charge in [0.1, 0.15) is 11.5 Å². The van der Waals surface area contributed by atoms with Gasteiger partial charge in [0.2, 0.25) is 0 Å². The van der Waals surface area contributed by atoms with Crippen LogP contribution in [-0.2, 0) is 0 Å². The molecule has 1 heterocycles. The minimum Gasteiger partial charge on any atom is -0.497 e. The minimum absolute atomic E-state index is 0.0845. The number of hydrogen-bond acceptors (Lipinski definition) is 6. The third-order valence-electron chi connectivity index (χ3n) is 4.80. The van der Waals surface area contributed by atoms with Crippen molar-refractivity contribution in [2.24, 2.45) is 0 Å². The summed E-state index contributed by atoms with van der Waals surface area (Å²) in [6.45, 7) is 0. The summed E-state index contributed by atoms with van der Waals surface area (Å²) in [6.07, 6.45) is 0. The molecule has 1 aromatic heterocycles. The molecule has 156 valence electrons. The van der Waals surface area contributed by atoms with Gasteiger partial charge in [0.15, 0.2) is 10.9 Å². The third-order valence-corrected chi connectivity index (χ3v) is 5.74. The number of hydrogen-bond donors (Lipinski definition) is 0. The highest BCUT2D eigenvalue weighted by Gasteiger charge is 2.18. The first kappa shape index (κ1) is 20.7. The van der Waals surface area contributed by atoms with Crippen LogP contribution in [0.3, 0.4) is 0 Å². The number of methoxy groups -OCH3 is 2. The quantitative estimate of drug-likeness (QED) is 0.245. The average Bonchev–Trinajstić information content (AvgIpc) is 2.82. The minimum atomic E-state index is -0.175. The van der Waals surface area contributed by atoms with E-state index in [9.17, 15) is 9.59 Å². The van der Waals surface area contributed by atoms with Gasteiger partial charge in [-0.15, -0.1) is 0 Å². The number of fused-ring (bicyclic) bond motifs is 1. The van der Waals surface area contributed by atoms with Crippen LogP contribution in [0.25, 0.3) is 16.6 Å². The lowest BCUT2D eigenvalue weighted by atomic mass is 10.1. The molecule has 31 heavy (non-hydrogen) atoms. The summed E-state index contributed by atoms with van der Waals surface area (Å²) in [5.74, 6) is 0.974. The van der Waals surface area contributed by atoms with E-state index in [1.807, 2.05) is 42.5 Å². The zero-order chi connectivity index (χ0) is 21.8. The van der Waals surface area contributed by atoms with Gasteiger partial charge in [-0.3, -0.25) is 14.2 Å². The number of aromatic nitrogens is 2. The maximum absolute atomic E-state index is 13.2. The highest BCUT2D eigenvalue weighted by Crippen LogP contribution is 2.27. The molecule has 0 aliphatic rings. The summed E-state index contributed by atoms with van der Waals surface area (Å²) >= 11 is 1.21. The summed E-state index contributed by atoms with van der Waals surface area (Å²) in [6, 6.07) is 21.6. The molecule has 0 amide bonds. The van der Waals surface area contributed by atoms with Crippen molar-refractivity contribution in [3.05, 3.63) is 88.7 Å². The van der Waals surface area contributed by atoms with Crippen molar-refractivity contribution in [2.45, 2.75) is 5.16 Å². The molecule has 0 fully saturated rings. The second-order valence-corrected chi connectivity index (χ2v) is 7.61. The number of benzene rings is 3. The number of Topliss-reactive ketones (excluding diaryl/α,β-unsaturated/α-hetero) is 1. The first-order chi connectivity index (χ1) is 15.1. The van der Waals surface area contributed by atoms with E-state index in [1.54, 1.807) is 42.0 Å². The van der Waals surface area contributed by atoms with Gasteiger partial charge < -0.3 is 9.47 Å². The fourth-order valence-electron chi connectivity index (χ4n) is 3.25. The molecule has 0 saturated heterocycles. The Morgan fingerprint density at radius 3 is 2.45 bits per heavy atom. The van der Waals surface area contributed by atoms with Crippen molar-refractivity contribution >= 4 is 28.4 Å². The molecule has 4 rings (SSSR count). The largest absolute Gasteiger partial charge is 0.497 e. The zero-order valence-corrected chi connectivity index (χ0v) is 17.9. The molecule has 7 heteroatoms. The third kappa shape index (κ3) is 4.18. The fourth-order valence-corrected chi connectivity index (χ4v) is 4.15. The second-order valence-electron chi connectivity index (χ2n) is 6.67. The number of rotatable bonds is 7. The van der Waals surface area contributed by atoms with Crippen LogP contribution < -0.4 is 15.0 Å². The molecule has 0 radical (unpaired) electrons. The standard InChI is InChI=1S/C24H20N2O4S/c1-29-17-12-13-22(30-2)19(14-17)21(27)15-31-24-25-20-11-7-6-10-18(20)23(28)26(24)16-8-4-3-5-9-16/h3-14H,15H2,1-2H3. The number of ether oxygens (including phenoxy) is 2. The van der Waals surface area contributed by atoms with Gasteiger partial charge in [0.05, 0.1) is 42.1 Å². The smallest absolute Gasteiger partial charge is 0.266 e. The first-order valence-corrected chi connectivity index (χ1v) is 10.6. The van der Waals surface area contributed by atoms with Crippen molar-refractivity contribution in [1.82, 2.24) is 9.55 Å². The molecule has 0 unspecified atom stereocenters.